The number of rotatable bonds is 4. The SMILES string of the molecule is CC1(C(=O)NC[C@H]2CCN(C3CCCCC3)C2)COC1. The third-order valence-electron chi connectivity index (χ3n) is 5.35. The lowest BCUT2D eigenvalue weighted by Gasteiger charge is -2.36. The van der Waals surface area contributed by atoms with Gasteiger partial charge in [0.1, 0.15) is 0 Å². The third kappa shape index (κ3) is 3.01. The van der Waals surface area contributed by atoms with Gasteiger partial charge in [-0.15, -0.1) is 0 Å². The topological polar surface area (TPSA) is 41.6 Å². The number of amides is 1. The Balaban J connectivity index is 1.40. The minimum atomic E-state index is -0.262. The Morgan fingerprint density at radius 3 is 2.65 bits per heavy atom. The van der Waals surface area contributed by atoms with Gasteiger partial charge < -0.3 is 15.0 Å². The quantitative estimate of drug-likeness (QED) is 0.853. The Hall–Kier alpha value is -0.610. The van der Waals surface area contributed by atoms with Crippen LogP contribution < -0.4 is 5.32 Å². The first-order valence-corrected chi connectivity index (χ1v) is 8.27. The lowest BCUT2D eigenvalue weighted by molar-refractivity contribution is -0.157. The fourth-order valence-corrected chi connectivity index (χ4v) is 3.80. The van der Waals surface area contributed by atoms with Crippen LogP contribution in [-0.4, -0.2) is 49.7 Å². The number of carbonyl (C=O) groups is 1. The summed E-state index contributed by atoms with van der Waals surface area (Å²) in [5, 5.41) is 3.14. The molecule has 1 N–H and O–H groups in total. The van der Waals surface area contributed by atoms with Gasteiger partial charge in [-0.3, -0.25) is 4.79 Å². The fraction of sp³-hybridized carbons (Fsp3) is 0.938. The molecule has 3 aliphatic rings. The lowest BCUT2D eigenvalue weighted by atomic mass is 9.87. The van der Waals surface area contributed by atoms with E-state index in [1.54, 1.807) is 0 Å². The molecular weight excluding hydrogens is 252 g/mol. The first kappa shape index (κ1) is 14.3. The average molecular weight is 280 g/mol. The number of carbonyl (C=O) groups excluding carboxylic acids is 1. The molecule has 0 aromatic rings. The molecule has 0 unspecified atom stereocenters. The van der Waals surface area contributed by atoms with Crippen LogP contribution in [0.25, 0.3) is 0 Å². The molecule has 0 spiro atoms. The van der Waals surface area contributed by atoms with Gasteiger partial charge in [-0.05, 0) is 38.6 Å². The predicted molar refractivity (Wildman–Crippen MR) is 78.5 cm³/mol. The van der Waals surface area contributed by atoms with Crippen LogP contribution in [-0.2, 0) is 9.53 Å². The van der Waals surface area contributed by atoms with E-state index in [-0.39, 0.29) is 11.3 Å². The van der Waals surface area contributed by atoms with Gasteiger partial charge in [-0.2, -0.15) is 0 Å². The summed E-state index contributed by atoms with van der Waals surface area (Å²) in [5.74, 6) is 0.824. The van der Waals surface area contributed by atoms with Crippen LogP contribution in [0.5, 0.6) is 0 Å². The van der Waals surface area contributed by atoms with E-state index in [0.29, 0.717) is 19.1 Å². The van der Waals surface area contributed by atoms with Crippen molar-refractivity contribution in [3.8, 4) is 0 Å². The maximum atomic E-state index is 12.1. The Morgan fingerprint density at radius 1 is 1.25 bits per heavy atom. The Bertz CT molecular complexity index is 348. The normalized spacial score (nSPS) is 30.9. The van der Waals surface area contributed by atoms with Crippen molar-refractivity contribution in [3.63, 3.8) is 0 Å². The molecule has 2 saturated heterocycles. The predicted octanol–water partition coefficient (Wildman–Crippen LogP) is 1.79. The largest absolute Gasteiger partial charge is 0.379 e. The van der Waals surface area contributed by atoms with Crippen LogP contribution in [0.3, 0.4) is 0 Å². The summed E-state index contributed by atoms with van der Waals surface area (Å²) in [5.41, 5.74) is -0.262. The van der Waals surface area contributed by atoms with Crippen molar-refractivity contribution in [2.24, 2.45) is 11.3 Å². The number of hydrogen-bond acceptors (Lipinski definition) is 3. The molecule has 3 rings (SSSR count). The second-order valence-corrected chi connectivity index (χ2v) is 7.20. The summed E-state index contributed by atoms with van der Waals surface area (Å²) in [6.45, 7) is 6.41. The summed E-state index contributed by atoms with van der Waals surface area (Å²) in [4.78, 5) is 14.8. The summed E-state index contributed by atoms with van der Waals surface area (Å²) in [6.07, 6.45) is 8.24. The molecule has 1 amide bonds. The molecule has 0 aromatic heterocycles. The minimum absolute atomic E-state index is 0.180. The molecule has 2 heterocycles. The molecule has 1 aliphatic carbocycles. The van der Waals surface area contributed by atoms with Crippen LogP contribution in [0.1, 0.15) is 45.4 Å². The van der Waals surface area contributed by atoms with E-state index in [2.05, 4.69) is 10.2 Å². The van der Waals surface area contributed by atoms with Gasteiger partial charge in [0.15, 0.2) is 0 Å². The van der Waals surface area contributed by atoms with Crippen LogP contribution >= 0.6 is 0 Å². The highest BCUT2D eigenvalue weighted by Crippen LogP contribution is 2.29. The maximum absolute atomic E-state index is 12.1. The monoisotopic (exact) mass is 280 g/mol. The van der Waals surface area contributed by atoms with Crippen molar-refractivity contribution in [3.05, 3.63) is 0 Å². The third-order valence-corrected chi connectivity index (χ3v) is 5.35. The van der Waals surface area contributed by atoms with E-state index < -0.39 is 0 Å². The molecule has 3 fully saturated rings. The molecule has 114 valence electrons. The standard InChI is InChI=1S/C16H28N2O2/c1-16(11-20-12-16)15(19)17-9-13-7-8-18(10-13)14-5-3-2-4-6-14/h13-14H,2-12H2,1H3,(H,17,19)/t13-/m1/s1. The van der Waals surface area contributed by atoms with Crippen molar-refractivity contribution < 1.29 is 9.53 Å². The number of ether oxygens (including phenoxy) is 1. The molecule has 2 aliphatic heterocycles. The zero-order valence-corrected chi connectivity index (χ0v) is 12.7. The number of likely N-dealkylation sites (tertiary alicyclic amines) is 1. The Morgan fingerprint density at radius 2 is 2.00 bits per heavy atom. The van der Waals surface area contributed by atoms with Crippen LogP contribution in [0.2, 0.25) is 0 Å². The molecule has 0 radical (unpaired) electrons. The highest BCUT2D eigenvalue weighted by Gasteiger charge is 2.41. The highest BCUT2D eigenvalue weighted by molar-refractivity contribution is 5.83. The summed E-state index contributed by atoms with van der Waals surface area (Å²) in [6, 6.07) is 0.821. The number of nitrogens with zero attached hydrogens (tertiary/aromatic N) is 1. The molecule has 1 atom stereocenters. The van der Waals surface area contributed by atoms with Crippen molar-refractivity contribution in [1.29, 1.82) is 0 Å². The van der Waals surface area contributed by atoms with Crippen molar-refractivity contribution in [2.45, 2.75) is 51.5 Å². The van der Waals surface area contributed by atoms with Gasteiger partial charge >= 0.3 is 0 Å². The van der Waals surface area contributed by atoms with Gasteiger partial charge in [-0.1, -0.05) is 19.3 Å². The van der Waals surface area contributed by atoms with Crippen molar-refractivity contribution >= 4 is 5.91 Å². The summed E-state index contributed by atoms with van der Waals surface area (Å²) >= 11 is 0. The van der Waals surface area contributed by atoms with E-state index in [4.69, 9.17) is 4.74 Å². The van der Waals surface area contributed by atoms with Gasteiger partial charge in [0.05, 0.1) is 18.6 Å². The molecule has 20 heavy (non-hydrogen) atoms. The lowest BCUT2D eigenvalue weighted by Crippen LogP contribution is -2.52. The van der Waals surface area contributed by atoms with E-state index in [9.17, 15) is 4.79 Å². The smallest absolute Gasteiger partial charge is 0.230 e. The van der Waals surface area contributed by atoms with Gasteiger partial charge in [0.2, 0.25) is 5.91 Å². The molecular formula is C16H28N2O2. The van der Waals surface area contributed by atoms with Gasteiger partial charge in [0, 0.05) is 19.1 Å². The molecule has 4 heteroatoms. The first-order valence-electron chi connectivity index (χ1n) is 8.27. The fourth-order valence-electron chi connectivity index (χ4n) is 3.80. The van der Waals surface area contributed by atoms with E-state index >= 15 is 0 Å². The van der Waals surface area contributed by atoms with Gasteiger partial charge in [0.25, 0.3) is 0 Å². The zero-order chi connectivity index (χ0) is 14.0. The Kier molecular flexibility index (Phi) is 4.32. The number of hydrogen-bond donors (Lipinski definition) is 1. The minimum Gasteiger partial charge on any atom is -0.379 e. The average Bonchev–Trinajstić information content (AvgIpc) is 2.92. The molecule has 0 aromatic carbocycles. The highest BCUT2D eigenvalue weighted by atomic mass is 16.5. The van der Waals surface area contributed by atoms with Crippen LogP contribution in [0, 0.1) is 11.3 Å². The molecule has 4 nitrogen and oxygen atoms in total. The van der Waals surface area contributed by atoms with E-state index in [1.807, 2.05) is 6.92 Å². The van der Waals surface area contributed by atoms with Crippen molar-refractivity contribution in [1.82, 2.24) is 10.2 Å². The second-order valence-electron chi connectivity index (χ2n) is 7.20. The summed E-state index contributed by atoms with van der Waals surface area (Å²) < 4.78 is 5.16. The Labute approximate surface area is 122 Å². The van der Waals surface area contributed by atoms with E-state index in [0.717, 1.165) is 12.6 Å². The van der Waals surface area contributed by atoms with Crippen LogP contribution in [0.4, 0.5) is 0 Å². The maximum Gasteiger partial charge on any atom is 0.230 e. The van der Waals surface area contributed by atoms with Gasteiger partial charge in [-0.25, -0.2) is 0 Å². The second kappa shape index (κ2) is 6.02. The number of nitrogens with one attached hydrogen (secondary N) is 1. The van der Waals surface area contributed by atoms with E-state index in [1.165, 1.54) is 51.6 Å². The van der Waals surface area contributed by atoms with Crippen LogP contribution in [0.15, 0.2) is 0 Å². The summed E-state index contributed by atoms with van der Waals surface area (Å²) in [7, 11) is 0. The van der Waals surface area contributed by atoms with Crippen molar-refractivity contribution in [2.75, 3.05) is 32.8 Å². The molecule has 1 saturated carbocycles. The zero-order valence-electron chi connectivity index (χ0n) is 12.7. The first-order chi connectivity index (χ1) is 9.67. The molecule has 0 bridgehead atoms.